The fraction of sp³-hybridized carbons (Fsp3) is 0.778. The maximum atomic E-state index is 11.2. The lowest BCUT2D eigenvalue weighted by molar-refractivity contribution is 0.0188. The minimum atomic E-state index is -0.400. The van der Waals surface area contributed by atoms with Gasteiger partial charge in [0.05, 0.1) is 19.8 Å². The first-order valence-electron chi connectivity index (χ1n) is 5.04. The van der Waals surface area contributed by atoms with Crippen LogP contribution in [0.25, 0.3) is 0 Å². The Balaban J connectivity index is 1.80. The molecule has 1 unspecified atom stereocenters. The fourth-order valence-electron chi connectivity index (χ4n) is 1.79. The molecule has 2 saturated heterocycles. The highest BCUT2D eigenvalue weighted by Gasteiger charge is 2.32. The molecular weight excluding hydrogens is 198 g/mol. The van der Waals surface area contributed by atoms with Gasteiger partial charge in [0.15, 0.2) is 0 Å². The third-order valence-corrected chi connectivity index (χ3v) is 2.59. The lowest BCUT2D eigenvalue weighted by atomic mass is 10.3. The zero-order valence-corrected chi connectivity index (χ0v) is 8.59. The van der Waals surface area contributed by atoms with Gasteiger partial charge in [-0.3, -0.25) is 4.90 Å². The molecule has 0 bridgehead atoms. The maximum absolute atomic E-state index is 11.2. The van der Waals surface area contributed by atoms with Crippen LogP contribution in [0.1, 0.15) is 0 Å². The summed E-state index contributed by atoms with van der Waals surface area (Å²) in [6.07, 6.45) is -0.496. The van der Waals surface area contributed by atoms with Crippen molar-refractivity contribution in [2.45, 2.75) is 6.10 Å². The van der Waals surface area contributed by atoms with Crippen LogP contribution in [0.5, 0.6) is 0 Å². The van der Waals surface area contributed by atoms with E-state index in [0.717, 1.165) is 32.8 Å². The van der Waals surface area contributed by atoms with Crippen molar-refractivity contribution >= 4 is 12.8 Å². The summed E-state index contributed by atoms with van der Waals surface area (Å²) in [7, 11) is 0. The van der Waals surface area contributed by atoms with E-state index in [2.05, 4.69) is 16.7 Å². The lowest BCUT2D eigenvalue weighted by Gasteiger charge is -2.27. The number of carbonyl (C=O) groups excluding carboxylic acids is 1. The fourth-order valence-corrected chi connectivity index (χ4v) is 1.79. The molecular formula is C9H15N3O3. The van der Waals surface area contributed by atoms with Crippen molar-refractivity contribution in [1.82, 2.24) is 9.91 Å². The van der Waals surface area contributed by atoms with Gasteiger partial charge in [-0.05, 0) is 0 Å². The van der Waals surface area contributed by atoms with Gasteiger partial charge in [0, 0.05) is 26.4 Å². The van der Waals surface area contributed by atoms with E-state index in [4.69, 9.17) is 9.47 Å². The molecule has 6 heteroatoms. The van der Waals surface area contributed by atoms with Crippen LogP contribution in [0.2, 0.25) is 0 Å². The second-order valence-electron chi connectivity index (χ2n) is 3.64. The number of amides is 1. The highest BCUT2D eigenvalue weighted by molar-refractivity contribution is 5.69. The number of hydrogen-bond acceptors (Lipinski definition) is 5. The van der Waals surface area contributed by atoms with E-state index in [1.165, 1.54) is 5.01 Å². The van der Waals surface area contributed by atoms with Gasteiger partial charge >= 0.3 is 6.09 Å². The highest BCUT2D eigenvalue weighted by atomic mass is 16.6. The van der Waals surface area contributed by atoms with E-state index in [-0.39, 0.29) is 6.10 Å². The summed E-state index contributed by atoms with van der Waals surface area (Å²) in [5, 5.41) is 4.83. The Morgan fingerprint density at radius 1 is 1.47 bits per heavy atom. The van der Waals surface area contributed by atoms with Crippen molar-refractivity contribution in [2.75, 3.05) is 39.4 Å². The van der Waals surface area contributed by atoms with Gasteiger partial charge < -0.3 is 9.47 Å². The molecule has 84 valence electrons. The first kappa shape index (κ1) is 10.4. The summed E-state index contributed by atoms with van der Waals surface area (Å²) in [6, 6.07) is 0. The predicted molar refractivity (Wildman–Crippen MR) is 53.8 cm³/mol. The molecule has 6 nitrogen and oxygen atoms in total. The van der Waals surface area contributed by atoms with Crippen molar-refractivity contribution in [3.05, 3.63) is 0 Å². The molecule has 0 aromatic rings. The first-order valence-corrected chi connectivity index (χ1v) is 5.04. The van der Waals surface area contributed by atoms with Crippen molar-refractivity contribution in [3.8, 4) is 0 Å². The summed E-state index contributed by atoms with van der Waals surface area (Å²) in [5.74, 6) is 0. The third kappa shape index (κ3) is 2.45. The Hall–Kier alpha value is -1.14. The molecule has 2 aliphatic heterocycles. The van der Waals surface area contributed by atoms with Crippen molar-refractivity contribution in [3.63, 3.8) is 0 Å². The summed E-state index contributed by atoms with van der Waals surface area (Å²) >= 11 is 0. The van der Waals surface area contributed by atoms with Crippen LogP contribution < -0.4 is 0 Å². The van der Waals surface area contributed by atoms with Gasteiger partial charge in [-0.25, -0.2) is 4.79 Å². The lowest BCUT2D eigenvalue weighted by Crippen LogP contribution is -2.41. The Morgan fingerprint density at radius 3 is 2.80 bits per heavy atom. The van der Waals surface area contributed by atoms with Crippen molar-refractivity contribution in [2.24, 2.45) is 5.10 Å². The zero-order valence-electron chi connectivity index (χ0n) is 8.59. The molecule has 2 fully saturated rings. The SMILES string of the molecule is C=NN1CC(CN2CCOCC2)OC1=O. The standard InChI is InChI=1S/C9H15N3O3/c1-10-12-7-8(15-9(12)13)6-11-2-4-14-5-3-11/h8H,1-7H2. The topological polar surface area (TPSA) is 54.4 Å². The number of carbonyl (C=O) groups is 1. The quantitative estimate of drug-likeness (QED) is 0.607. The minimum absolute atomic E-state index is 0.0962. The van der Waals surface area contributed by atoms with Crippen molar-refractivity contribution < 1.29 is 14.3 Å². The molecule has 0 radical (unpaired) electrons. The van der Waals surface area contributed by atoms with E-state index in [0.29, 0.717) is 6.54 Å². The van der Waals surface area contributed by atoms with Crippen LogP contribution in [-0.4, -0.2) is 68.2 Å². The zero-order chi connectivity index (χ0) is 10.7. The molecule has 0 aliphatic carbocycles. The minimum Gasteiger partial charge on any atom is -0.441 e. The second-order valence-corrected chi connectivity index (χ2v) is 3.64. The van der Waals surface area contributed by atoms with Crippen LogP contribution >= 0.6 is 0 Å². The normalized spacial score (nSPS) is 27.9. The van der Waals surface area contributed by atoms with E-state index >= 15 is 0 Å². The summed E-state index contributed by atoms with van der Waals surface area (Å²) in [4.78, 5) is 13.4. The summed E-state index contributed by atoms with van der Waals surface area (Å²) in [5.41, 5.74) is 0. The van der Waals surface area contributed by atoms with Gasteiger partial charge in [0.25, 0.3) is 0 Å². The predicted octanol–water partition coefficient (Wildman–Crippen LogP) is -0.245. The van der Waals surface area contributed by atoms with Crippen LogP contribution in [-0.2, 0) is 9.47 Å². The Kier molecular flexibility index (Phi) is 3.17. The Labute approximate surface area is 88.4 Å². The number of ether oxygens (including phenoxy) is 2. The molecule has 0 saturated carbocycles. The molecule has 0 aromatic carbocycles. The van der Waals surface area contributed by atoms with Gasteiger partial charge in [0.2, 0.25) is 0 Å². The number of rotatable bonds is 3. The van der Waals surface area contributed by atoms with E-state index < -0.39 is 6.09 Å². The average Bonchev–Trinajstić information content (AvgIpc) is 2.60. The van der Waals surface area contributed by atoms with Crippen LogP contribution in [0.3, 0.4) is 0 Å². The van der Waals surface area contributed by atoms with E-state index in [1.54, 1.807) is 0 Å². The molecule has 1 atom stereocenters. The summed E-state index contributed by atoms with van der Waals surface area (Å²) < 4.78 is 10.4. The van der Waals surface area contributed by atoms with Crippen molar-refractivity contribution in [1.29, 1.82) is 0 Å². The number of nitrogens with zero attached hydrogens (tertiary/aromatic N) is 3. The Bertz CT molecular complexity index is 253. The smallest absolute Gasteiger partial charge is 0.430 e. The second kappa shape index (κ2) is 4.59. The highest BCUT2D eigenvalue weighted by Crippen LogP contribution is 2.12. The molecule has 0 N–H and O–H groups in total. The first-order chi connectivity index (χ1) is 7.29. The molecule has 1 amide bonds. The number of cyclic esters (lactones) is 1. The molecule has 2 aliphatic rings. The van der Waals surface area contributed by atoms with Crippen LogP contribution in [0, 0.1) is 0 Å². The molecule has 2 rings (SSSR count). The molecule has 0 aromatic heterocycles. The van der Waals surface area contributed by atoms with Gasteiger partial charge in [-0.15, -0.1) is 0 Å². The Morgan fingerprint density at radius 2 is 2.20 bits per heavy atom. The average molecular weight is 213 g/mol. The number of hydrazone groups is 1. The maximum Gasteiger partial charge on any atom is 0.430 e. The molecule has 0 spiro atoms. The van der Waals surface area contributed by atoms with Gasteiger partial charge in [-0.1, -0.05) is 0 Å². The monoisotopic (exact) mass is 213 g/mol. The van der Waals surface area contributed by atoms with Gasteiger partial charge in [-0.2, -0.15) is 10.1 Å². The third-order valence-electron chi connectivity index (χ3n) is 2.59. The van der Waals surface area contributed by atoms with Crippen LogP contribution in [0.4, 0.5) is 4.79 Å². The molecule has 15 heavy (non-hydrogen) atoms. The van der Waals surface area contributed by atoms with Crippen LogP contribution in [0.15, 0.2) is 5.10 Å². The summed E-state index contributed by atoms with van der Waals surface area (Å²) in [6.45, 7) is 7.87. The van der Waals surface area contributed by atoms with E-state index in [9.17, 15) is 4.79 Å². The van der Waals surface area contributed by atoms with Gasteiger partial charge in [0.1, 0.15) is 6.10 Å². The largest absolute Gasteiger partial charge is 0.441 e. The molecule has 2 heterocycles. The number of morpholine rings is 1. The number of hydrogen-bond donors (Lipinski definition) is 0. The van der Waals surface area contributed by atoms with E-state index in [1.807, 2.05) is 0 Å².